The fourth-order valence-electron chi connectivity index (χ4n) is 4.11. The molecule has 2 fully saturated rings. The third kappa shape index (κ3) is 1.79. The average Bonchev–Trinajstić information content (AvgIpc) is 3.03. The van der Waals surface area contributed by atoms with Gasteiger partial charge in [0.2, 0.25) is 11.8 Å². The molecule has 0 aromatic heterocycles. The minimum absolute atomic E-state index is 0.0548. The summed E-state index contributed by atoms with van der Waals surface area (Å²) >= 11 is 0. The van der Waals surface area contributed by atoms with Crippen LogP contribution in [0.4, 0.5) is 18.9 Å². The maximum absolute atomic E-state index is 12.9. The Morgan fingerprint density at radius 1 is 1.04 bits per heavy atom. The lowest BCUT2D eigenvalue weighted by Crippen LogP contribution is -2.39. The van der Waals surface area contributed by atoms with Gasteiger partial charge in [-0.3, -0.25) is 9.59 Å². The van der Waals surface area contributed by atoms with Crippen LogP contribution in [0.5, 0.6) is 0 Å². The molecule has 2 saturated heterocycles. The highest BCUT2D eigenvalue weighted by molar-refractivity contribution is 6.23. The van der Waals surface area contributed by atoms with E-state index < -0.39 is 46.6 Å². The minimum atomic E-state index is -4.54. The normalized spacial score (nSPS) is 37.5. The fourth-order valence-corrected chi connectivity index (χ4v) is 4.11. The molecule has 24 heavy (non-hydrogen) atoms. The number of rotatable bonds is 1. The van der Waals surface area contributed by atoms with Crippen molar-refractivity contribution < 1.29 is 27.5 Å². The van der Waals surface area contributed by atoms with Gasteiger partial charge in [0.25, 0.3) is 0 Å². The Kier molecular flexibility index (Phi) is 2.74. The molecular formula is C17H14F3NO3. The van der Waals surface area contributed by atoms with Gasteiger partial charge in [-0.2, -0.15) is 13.2 Å². The predicted octanol–water partition coefficient (Wildman–Crippen LogP) is 2.93. The van der Waals surface area contributed by atoms with E-state index in [1.165, 1.54) is 12.1 Å². The molecule has 4 atom stereocenters. The number of amides is 2. The molecule has 0 spiro atoms. The lowest BCUT2D eigenvalue weighted by Gasteiger charge is -2.25. The van der Waals surface area contributed by atoms with Crippen LogP contribution < -0.4 is 4.90 Å². The maximum Gasteiger partial charge on any atom is 0.416 e. The van der Waals surface area contributed by atoms with Crippen LogP contribution in [0, 0.1) is 11.8 Å². The van der Waals surface area contributed by atoms with E-state index in [9.17, 15) is 22.8 Å². The number of anilines is 1. The lowest BCUT2D eigenvalue weighted by molar-refractivity contribution is -0.138. The van der Waals surface area contributed by atoms with Gasteiger partial charge in [-0.25, -0.2) is 4.90 Å². The van der Waals surface area contributed by atoms with Crippen LogP contribution >= 0.6 is 0 Å². The molecular weight excluding hydrogens is 323 g/mol. The third-order valence-corrected chi connectivity index (χ3v) is 5.16. The van der Waals surface area contributed by atoms with Gasteiger partial charge >= 0.3 is 6.18 Å². The molecule has 0 aliphatic carbocycles. The second kappa shape index (κ2) is 4.27. The van der Waals surface area contributed by atoms with Crippen molar-refractivity contribution in [3.8, 4) is 0 Å². The topological polar surface area (TPSA) is 46.6 Å². The summed E-state index contributed by atoms with van der Waals surface area (Å²) in [6, 6.07) is 4.27. The van der Waals surface area contributed by atoms with Crippen LogP contribution in [0.25, 0.3) is 0 Å². The summed E-state index contributed by atoms with van der Waals surface area (Å²) in [6.07, 6.45) is -1.02. The van der Waals surface area contributed by atoms with Gasteiger partial charge < -0.3 is 4.74 Å². The van der Waals surface area contributed by atoms with Gasteiger partial charge in [0, 0.05) is 0 Å². The zero-order valence-corrected chi connectivity index (χ0v) is 12.9. The van der Waals surface area contributed by atoms with Gasteiger partial charge in [0.1, 0.15) is 0 Å². The van der Waals surface area contributed by atoms with E-state index in [0.717, 1.165) is 17.0 Å². The minimum Gasteiger partial charge on any atom is -0.359 e. The largest absolute Gasteiger partial charge is 0.416 e. The molecule has 1 aromatic carbocycles. The summed E-state index contributed by atoms with van der Waals surface area (Å²) in [5, 5.41) is 0. The Labute approximate surface area is 135 Å². The van der Waals surface area contributed by atoms with Crippen molar-refractivity contribution in [1.82, 2.24) is 0 Å². The van der Waals surface area contributed by atoms with E-state index in [2.05, 4.69) is 0 Å². The quantitative estimate of drug-likeness (QED) is 0.585. The predicted molar refractivity (Wildman–Crippen MR) is 78.0 cm³/mol. The van der Waals surface area contributed by atoms with Crippen molar-refractivity contribution in [2.75, 3.05) is 4.90 Å². The van der Waals surface area contributed by atoms with E-state index in [4.69, 9.17) is 4.74 Å². The Balaban J connectivity index is 1.78. The number of carbonyl (C=O) groups excluding carboxylic acids is 2. The first-order valence-electron chi connectivity index (χ1n) is 7.52. The molecule has 3 aliphatic heterocycles. The molecule has 3 aliphatic rings. The summed E-state index contributed by atoms with van der Waals surface area (Å²) in [5.41, 5.74) is -2.75. The first-order valence-corrected chi connectivity index (χ1v) is 7.52. The first kappa shape index (κ1) is 15.4. The van der Waals surface area contributed by atoms with E-state index in [1.54, 1.807) is 26.0 Å². The average molecular weight is 337 g/mol. The molecule has 3 heterocycles. The number of carbonyl (C=O) groups is 2. The summed E-state index contributed by atoms with van der Waals surface area (Å²) in [7, 11) is 0. The van der Waals surface area contributed by atoms with Crippen molar-refractivity contribution in [1.29, 1.82) is 0 Å². The van der Waals surface area contributed by atoms with Gasteiger partial charge in [-0.05, 0) is 32.0 Å². The number of ether oxygens (including phenoxy) is 1. The standard InChI is InChI=1S/C17H14F3NO3/c1-15-6-7-16(2,24-15)12-11(15)13(22)21(14(12)23)10-5-3-4-9(8-10)17(18,19)20/h3-8,11-12H,1-2H3/t11-,12+,15-,16+. The van der Waals surface area contributed by atoms with Crippen LogP contribution in [0.15, 0.2) is 36.4 Å². The smallest absolute Gasteiger partial charge is 0.359 e. The highest BCUT2D eigenvalue weighted by Gasteiger charge is 2.70. The van der Waals surface area contributed by atoms with Crippen LogP contribution in [-0.2, 0) is 20.5 Å². The van der Waals surface area contributed by atoms with E-state index in [0.29, 0.717) is 0 Å². The Morgan fingerprint density at radius 2 is 1.58 bits per heavy atom. The summed E-state index contributed by atoms with van der Waals surface area (Å²) in [6.45, 7) is 3.44. The van der Waals surface area contributed by atoms with Crippen LogP contribution in [0.1, 0.15) is 19.4 Å². The number of benzene rings is 1. The van der Waals surface area contributed by atoms with Crippen molar-refractivity contribution in [3.05, 3.63) is 42.0 Å². The highest BCUT2D eigenvalue weighted by Crippen LogP contribution is 2.57. The van der Waals surface area contributed by atoms with E-state index in [1.807, 2.05) is 0 Å². The Morgan fingerprint density at radius 3 is 2.08 bits per heavy atom. The Hall–Kier alpha value is -2.15. The molecule has 126 valence electrons. The monoisotopic (exact) mass is 337 g/mol. The molecule has 4 rings (SSSR count). The second-order valence-corrected chi connectivity index (χ2v) is 6.82. The second-order valence-electron chi connectivity index (χ2n) is 6.82. The highest BCUT2D eigenvalue weighted by atomic mass is 19.4. The molecule has 2 amide bonds. The van der Waals surface area contributed by atoms with E-state index >= 15 is 0 Å². The van der Waals surface area contributed by atoms with Crippen molar-refractivity contribution in [3.63, 3.8) is 0 Å². The molecule has 0 radical (unpaired) electrons. The molecule has 0 unspecified atom stereocenters. The molecule has 2 bridgehead atoms. The molecule has 0 N–H and O–H groups in total. The van der Waals surface area contributed by atoms with Gasteiger partial charge in [0.05, 0.1) is 34.3 Å². The number of alkyl halides is 3. The maximum atomic E-state index is 12.9. The van der Waals surface area contributed by atoms with Crippen molar-refractivity contribution in [2.24, 2.45) is 11.8 Å². The van der Waals surface area contributed by atoms with Crippen molar-refractivity contribution in [2.45, 2.75) is 31.2 Å². The number of hydrogen-bond acceptors (Lipinski definition) is 3. The first-order chi connectivity index (χ1) is 11.1. The zero-order valence-electron chi connectivity index (χ0n) is 12.9. The van der Waals surface area contributed by atoms with E-state index in [-0.39, 0.29) is 5.69 Å². The number of nitrogens with zero attached hydrogens (tertiary/aromatic N) is 1. The molecule has 1 aromatic rings. The van der Waals surface area contributed by atoms with Crippen LogP contribution in [-0.4, -0.2) is 23.0 Å². The molecule has 7 heteroatoms. The lowest BCUT2D eigenvalue weighted by atomic mass is 9.73. The Bertz CT molecular complexity index is 767. The SMILES string of the molecule is C[C@]12C=C[C@](C)(O1)[C@@H]1C(=O)N(c3cccc(C(F)(F)F)c3)C(=O)[C@@H]12. The van der Waals surface area contributed by atoms with Crippen molar-refractivity contribution >= 4 is 17.5 Å². The van der Waals surface area contributed by atoms with Crippen LogP contribution in [0.2, 0.25) is 0 Å². The number of imide groups is 1. The summed E-state index contributed by atoms with van der Waals surface area (Å²) in [4.78, 5) is 26.5. The van der Waals surface area contributed by atoms with Crippen LogP contribution in [0.3, 0.4) is 0 Å². The van der Waals surface area contributed by atoms with Gasteiger partial charge in [-0.1, -0.05) is 18.2 Å². The number of fused-ring (bicyclic) bond motifs is 5. The third-order valence-electron chi connectivity index (χ3n) is 5.16. The molecule has 0 saturated carbocycles. The zero-order chi connectivity index (χ0) is 17.5. The van der Waals surface area contributed by atoms with Gasteiger partial charge in [0.15, 0.2) is 0 Å². The summed E-state index contributed by atoms with van der Waals surface area (Å²) in [5.74, 6) is -2.45. The fraction of sp³-hybridized carbons (Fsp3) is 0.412. The summed E-state index contributed by atoms with van der Waals surface area (Å²) < 4.78 is 44.6. The molecule has 4 nitrogen and oxygen atoms in total. The number of hydrogen-bond donors (Lipinski definition) is 0. The van der Waals surface area contributed by atoms with Gasteiger partial charge in [-0.15, -0.1) is 0 Å². The number of halogens is 3.